The number of hydrogen-bond acceptors (Lipinski definition) is 5. The Balaban J connectivity index is 2.22. The third kappa shape index (κ3) is 2.31. The van der Waals surface area contributed by atoms with Crippen LogP contribution in [0.4, 0.5) is 11.4 Å². The van der Waals surface area contributed by atoms with Gasteiger partial charge in [-0.2, -0.15) is 0 Å². The van der Waals surface area contributed by atoms with Crippen LogP contribution in [0.5, 0.6) is 0 Å². The first-order chi connectivity index (χ1) is 10.1. The molecule has 1 aliphatic rings. The molecule has 1 N–H and O–H groups in total. The van der Waals surface area contributed by atoms with Crippen LogP contribution in [0.1, 0.15) is 18.5 Å². The number of non-ortho nitro benzene ring substituents is 1. The van der Waals surface area contributed by atoms with Gasteiger partial charge in [-0.1, -0.05) is 0 Å². The van der Waals surface area contributed by atoms with Crippen LogP contribution in [0.2, 0.25) is 0 Å². The summed E-state index contributed by atoms with van der Waals surface area (Å²) < 4.78 is 0. The number of fused-ring (bicyclic) bond motifs is 1. The Morgan fingerprint density at radius 3 is 3.00 bits per heavy atom. The van der Waals surface area contributed by atoms with Crippen molar-refractivity contribution in [1.29, 1.82) is 0 Å². The first-order valence-corrected chi connectivity index (χ1v) is 7.03. The summed E-state index contributed by atoms with van der Waals surface area (Å²) in [7, 11) is 0. The standard InChI is InChI=1S/C15H17N3O3/c1-10-7-12-13(8-16-10)15(18(20)21)5-4-14(12)17-6-2-3-11(17)9-19/h4-5,7-8,11,19H,2-3,6,9H2,1H3. The molecule has 1 aromatic carbocycles. The predicted molar refractivity (Wildman–Crippen MR) is 80.6 cm³/mol. The molecule has 1 atom stereocenters. The van der Waals surface area contributed by atoms with Crippen LogP contribution in [0.3, 0.4) is 0 Å². The molecule has 0 spiro atoms. The second-order valence-corrected chi connectivity index (χ2v) is 5.40. The van der Waals surface area contributed by atoms with Gasteiger partial charge in [0.05, 0.1) is 23.0 Å². The molecule has 1 fully saturated rings. The highest BCUT2D eigenvalue weighted by Gasteiger charge is 2.27. The summed E-state index contributed by atoms with van der Waals surface area (Å²) in [5, 5.41) is 22.1. The lowest BCUT2D eigenvalue weighted by molar-refractivity contribution is -0.383. The zero-order valence-electron chi connectivity index (χ0n) is 11.8. The van der Waals surface area contributed by atoms with E-state index in [1.54, 1.807) is 12.3 Å². The van der Waals surface area contributed by atoms with Crippen molar-refractivity contribution in [3.63, 3.8) is 0 Å². The molecule has 110 valence electrons. The normalized spacial score (nSPS) is 18.4. The second kappa shape index (κ2) is 5.29. The molecule has 3 rings (SSSR count). The number of anilines is 1. The molecule has 0 aliphatic carbocycles. The summed E-state index contributed by atoms with van der Waals surface area (Å²) >= 11 is 0. The van der Waals surface area contributed by atoms with E-state index in [2.05, 4.69) is 9.88 Å². The highest BCUT2D eigenvalue weighted by Crippen LogP contribution is 2.36. The van der Waals surface area contributed by atoms with E-state index >= 15 is 0 Å². The maximum Gasteiger partial charge on any atom is 0.278 e. The molecule has 0 radical (unpaired) electrons. The van der Waals surface area contributed by atoms with Crippen molar-refractivity contribution in [3.05, 3.63) is 40.2 Å². The van der Waals surface area contributed by atoms with E-state index in [1.807, 2.05) is 13.0 Å². The number of rotatable bonds is 3. The Morgan fingerprint density at radius 1 is 1.48 bits per heavy atom. The van der Waals surface area contributed by atoms with Crippen molar-refractivity contribution < 1.29 is 10.0 Å². The van der Waals surface area contributed by atoms with Gasteiger partial charge in [-0.05, 0) is 31.9 Å². The van der Waals surface area contributed by atoms with Gasteiger partial charge in [-0.25, -0.2) is 0 Å². The zero-order valence-corrected chi connectivity index (χ0v) is 11.8. The number of aliphatic hydroxyl groups excluding tert-OH is 1. The molecular weight excluding hydrogens is 270 g/mol. The number of aromatic nitrogens is 1. The largest absolute Gasteiger partial charge is 0.394 e. The van der Waals surface area contributed by atoms with Crippen molar-refractivity contribution >= 4 is 22.1 Å². The topological polar surface area (TPSA) is 79.5 Å². The summed E-state index contributed by atoms with van der Waals surface area (Å²) in [5.41, 5.74) is 1.84. The Hall–Kier alpha value is -2.21. The van der Waals surface area contributed by atoms with Crippen LogP contribution in [-0.4, -0.2) is 34.2 Å². The molecule has 21 heavy (non-hydrogen) atoms. The van der Waals surface area contributed by atoms with Gasteiger partial charge in [-0.3, -0.25) is 15.1 Å². The maximum absolute atomic E-state index is 11.2. The third-order valence-corrected chi connectivity index (χ3v) is 4.09. The Morgan fingerprint density at radius 2 is 2.29 bits per heavy atom. The van der Waals surface area contributed by atoms with Crippen LogP contribution >= 0.6 is 0 Å². The van der Waals surface area contributed by atoms with Crippen LogP contribution in [0.25, 0.3) is 10.8 Å². The molecule has 2 aromatic rings. The lowest BCUT2D eigenvalue weighted by atomic mass is 10.1. The highest BCUT2D eigenvalue weighted by atomic mass is 16.6. The SMILES string of the molecule is Cc1cc2c(N3CCCC3CO)ccc([N+](=O)[O-])c2cn1. The zero-order chi connectivity index (χ0) is 15.0. The number of nitrogens with zero attached hydrogens (tertiary/aromatic N) is 3. The van der Waals surface area contributed by atoms with Crippen molar-refractivity contribution in [2.24, 2.45) is 0 Å². The van der Waals surface area contributed by atoms with Crippen molar-refractivity contribution in [1.82, 2.24) is 4.98 Å². The average molecular weight is 287 g/mol. The van der Waals surface area contributed by atoms with E-state index < -0.39 is 0 Å². The van der Waals surface area contributed by atoms with E-state index in [9.17, 15) is 15.2 Å². The molecule has 6 heteroatoms. The summed E-state index contributed by atoms with van der Waals surface area (Å²) in [4.78, 5) is 17.1. The smallest absolute Gasteiger partial charge is 0.278 e. The highest BCUT2D eigenvalue weighted by molar-refractivity contribution is 6.00. The van der Waals surface area contributed by atoms with E-state index in [4.69, 9.17) is 0 Å². The fraction of sp³-hybridized carbons (Fsp3) is 0.400. The van der Waals surface area contributed by atoms with Crippen molar-refractivity contribution in [2.75, 3.05) is 18.1 Å². The number of aryl methyl sites for hydroxylation is 1. The van der Waals surface area contributed by atoms with Gasteiger partial charge >= 0.3 is 0 Å². The molecule has 1 aliphatic heterocycles. The van der Waals surface area contributed by atoms with Crippen LogP contribution in [0, 0.1) is 17.0 Å². The number of nitro benzene ring substituents is 1. The fourth-order valence-electron chi connectivity index (χ4n) is 3.07. The summed E-state index contributed by atoms with van der Waals surface area (Å²) in [6, 6.07) is 5.28. The number of nitro groups is 1. The number of hydrogen-bond donors (Lipinski definition) is 1. The van der Waals surface area contributed by atoms with E-state index in [-0.39, 0.29) is 23.3 Å². The van der Waals surface area contributed by atoms with Gasteiger partial charge in [-0.15, -0.1) is 0 Å². The maximum atomic E-state index is 11.2. The minimum atomic E-state index is -0.378. The summed E-state index contributed by atoms with van der Waals surface area (Å²) in [6.45, 7) is 2.83. The summed E-state index contributed by atoms with van der Waals surface area (Å²) in [6.07, 6.45) is 3.53. The quantitative estimate of drug-likeness (QED) is 0.692. The van der Waals surface area contributed by atoms with Gasteiger partial charge < -0.3 is 10.0 Å². The number of benzene rings is 1. The Kier molecular flexibility index (Phi) is 3.47. The molecular formula is C15H17N3O3. The number of aliphatic hydroxyl groups is 1. The predicted octanol–water partition coefficient (Wildman–Crippen LogP) is 2.41. The molecule has 2 heterocycles. The minimum absolute atomic E-state index is 0.0704. The number of pyridine rings is 1. The minimum Gasteiger partial charge on any atom is -0.394 e. The third-order valence-electron chi connectivity index (χ3n) is 4.09. The van der Waals surface area contributed by atoms with E-state index in [0.29, 0.717) is 5.39 Å². The first kappa shape index (κ1) is 13.8. The Labute approximate surface area is 122 Å². The molecule has 0 amide bonds. The molecule has 1 aromatic heterocycles. The van der Waals surface area contributed by atoms with Gasteiger partial charge in [0.1, 0.15) is 0 Å². The second-order valence-electron chi connectivity index (χ2n) is 5.40. The van der Waals surface area contributed by atoms with Crippen molar-refractivity contribution in [2.45, 2.75) is 25.8 Å². The van der Waals surface area contributed by atoms with E-state index in [0.717, 1.165) is 36.2 Å². The molecule has 0 saturated carbocycles. The monoisotopic (exact) mass is 287 g/mol. The fourth-order valence-corrected chi connectivity index (χ4v) is 3.07. The van der Waals surface area contributed by atoms with Crippen LogP contribution < -0.4 is 4.90 Å². The van der Waals surface area contributed by atoms with Crippen LogP contribution in [-0.2, 0) is 0 Å². The Bertz CT molecular complexity index is 702. The summed E-state index contributed by atoms with van der Waals surface area (Å²) in [5.74, 6) is 0. The van der Waals surface area contributed by atoms with Gasteiger partial charge in [0.15, 0.2) is 0 Å². The van der Waals surface area contributed by atoms with Gasteiger partial charge in [0.2, 0.25) is 0 Å². The van der Waals surface area contributed by atoms with Gasteiger partial charge in [0, 0.05) is 35.6 Å². The molecule has 6 nitrogen and oxygen atoms in total. The molecule has 1 saturated heterocycles. The lowest BCUT2D eigenvalue weighted by Crippen LogP contribution is -2.32. The van der Waals surface area contributed by atoms with E-state index in [1.165, 1.54) is 6.07 Å². The lowest BCUT2D eigenvalue weighted by Gasteiger charge is -2.26. The van der Waals surface area contributed by atoms with Crippen molar-refractivity contribution in [3.8, 4) is 0 Å². The van der Waals surface area contributed by atoms with Crippen LogP contribution in [0.15, 0.2) is 24.4 Å². The first-order valence-electron chi connectivity index (χ1n) is 7.03. The molecule has 1 unspecified atom stereocenters. The molecule has 0 bridgehead atoms. The van der Waals surface area contributed by atoms with Gasteiger partial charge in [0.25, 0.3) is 5.69 Å². The average Bonchev–Trinajstić information content (AvgIpc) is 2.93.